The van der Waals surface area contributed by atoms with Gasteiger partial charge in [0.1, 0.15) is 0 Å². The van der Waals surface area contributed by atoms with E-state index in [1.807, 2.05) is 4.90 Å². The van der Waals surface area contributed by atoms with Crippen molar-refractivity contribution in [3.63, 3.8) is 0 Å². The lowest BCUT2D eigenvalue weighted by Crippen LogP contribution is -2.44. The Hall–Kier alpha value is -2.67. The Morgan fingerprint density at radius 2 is 1.90 bits per heavy atom. The Balaban J connectivity index is 1.56. The molecule has 0 spiro atoms. The zero-order valence-electron chi connectivity index (χ0n) is 18.9. The van der Waals surface area contributed by atoms with E-state index >= 15 is 0 Å². The maximum atomic E-state index is 14.0. The number of hydrogen-bond acceptors (Lipinski definition) is 4. The minimum Gasteiger partial charge on any atom is -0.357 e. The molecule has 1 fully saturated rings. The van der Waals surface area contributed by atoms with Crippen LogP contribution in [0.2, 0.25) is 0 Å². The maximum Gasteiger partial charge on any atom is 0.191 e. The molecule has 168 valence electrons. The summed E-state index contributed by atoms with van der Waals surface area (Å²) in [4.78, 5) is 13.4. The quantitative estimate of drug-likeness (QED) is 0.476. The van der Waals surface area contributed by atoms with Crippen LogP contribution < -0.4 is 15.5 Å². The van der Waals surface area contributed by atoms with Crippen LogP contribution >= 0.6 is 0 Å². The van der Waals surface area contributed by atoms with Gasteiger partial charge in [0, 0.05) is 38.4 Å². The molecule has 7 heteroatoms. The van der Waals surface area contributed by atoms with Crippen molar-refractivity contribution in [2.24, 2.45) is 4.99 Å². The lowest BCUT2D eigenvalue weighted by atomic mass is 10.1. The molecule has 31 heavy (non-hydrogen) atoms. The van der Waals surface area contributed by atoms with E-state index in [2.05, 4.69) is 65.6 Å². The fraction of sp³-hybridized carbons (Fsp3) is 0.500. The van der Waals surface area contributed by atoms with Crippen LogP contribution in [-0.2, 0) is 13.1 Å². The third-order valence-electron chi connectivity index (χ3n) is 5.66. The number of nitrogens with one attached hydrogen (secondary N) is 2. The fourth-order valence-electron chi connectivity index (χ4n) is 3.82. The summed E-state index contributed by atoms with van der Waals surface area (Å²) in [5.41, 5.74) is 2.51. The molecule has 3 rings (SSSR count). The van der Waals surface area contributed by atoms with Crippen LogP contribution in [0.4, 0.5) is 10.2 Å². The Labute approximate surface area is 185 Å². The van der Waals surface area contributed by atoms with Gasteiger partial charge in [-0.05, 0) is 49.7 Å². The summed E-state index contributed by atoms with van der Waals surface area (Å²) in [5.74, 6) is 0.953. The minimum atomic E-state index is -0.270. The average Bonchev–Trinajstić information content (AvgIpc) is 3.25. The number of hydrogen-bond donors (Lipinski definition) is 2. The second-order valence-corrected chi connectivity index (χ2v) is 7.86. The van der Waals surface area contributed by atoms with Crippen LogP contribution in [0.5, 0.6) is 0 Å². The van der Waals surface area contributed by atoms with Gasteiger partial charge in [-0.25, -0.2) is 14.4 Å². The van der Waals surface area contributed by atoms with E-state index in [4.69, 9.17) is 4.99 Å². The van der Waals surface area contributed by atoms with Gasteiger partial charge in [0.05, 0.1) is 6.54 Å². The molecular formula is C24H35FN6. The summed E-state index contributed by atoms with van der Waals surface area (Å²) in [6.45, 7) is 12.4. The predicted octanol–water partition coefficient (Wildman–Crippen LogP) is 3.40. The lowest BCUT2D eigenvalue weighted by Gasteiger charge is -2.20. The van der Waals surface area contributed by atoms with Crippen molar-refractivity contribution in [2.45, 2.75) is 46.3 Å². The lowest BCUT2D eigenvalue weighted by molar-refractivity contribution is 0.296. The number of aromatic nitrogens is 1. The molecular weight excluding hydrogens is 391 g/mol. The number of anilines is 1. The summed E-state index contributed by atoms with van der Waals surface area (Å²) in [6, 6.07) is 12.0. The van der Waals surface area contributed by atoms with Gasteiger partial charge in [0.2, 0.25) is 0 Å². The van der Waals surface area contributed by atoms with Gasteiger partial charge < -0.3 is 15.5 Å². The molecule has 0 bridgehead atoms. The van der Waals surface area contributed by atoms with E-state index < -0.39 is 0 Å². The molecule has 0 saturated carbocycles. The Morgan fingerprint density at radius 1 is 1.16 bits per heavy atom. The van der Waals surface area contributed by atoms with Gasteiger partial charge in [-0.1, -0.05) is 38.1 Å². The number of guanidine groups is 1. The van der Waals surface area contributed by atoms with Gasteiger partial charge in [-0.2, -0.15) is 0 Å². The van der Waals surface area contributed by atoms with Gasteiger partial charge in [0.25, 0.3) is 0 Å². The summed E-state index contributed by atoms with van der Waals surface area (Å²) < 4.78 is 14.0. The predicted molar refractivity (Wildman–Crippen MR) is 126 cm³/mol. The molecule has 1 saturated heterocycles. The first kappa shape index (κ1) is 23.0. The molecule has 1 aliphatic heterocycles. The largest absolute Gasteiger partial charge is 0.357 e. The summed E-state index contributed by atoms with van der Waals surface area (Å²) in [5, 5.41) is 6.82. The Kier molecular flexibility index (Phi) is 8.64. The molecule has 2 aromatic rings. The molecule has 1 aromatic carbocycles. The van der Waals surface area contributed by atoms with Crippen LogP contribution in [0.25, 0.3) is 0 Å². The fourth-order valence-corrected chi connectivity index (χ4v) is 3.82. The SMILES string of the molecule is CCNC(=NCc1ccc(CN(CC)CC)cc1)NC1CCN(c2ncccc2F)C1. The third-order valence-corrected chi connectivity index (χ3v) is 5.66. The monoisotopic (exact) mass is 426 g/mol. The van der Waals surface area contributed by atoms with E-state index in [1.54, 1.807) is 12.3 Å². The van der Waals surface area contributed by atoms with E-state index in [0.717, 1.165) is 45.1 Å². The van der Waals surface area contributed by atoms with Crippen molar-refractivity contribution in [3.8, 4) is 0 Å². The van der Waals surface area contributed by atoms with E-state index in [9.17, 15) is 4.39 Å². The van der Waals surface area contributed by atoms with Crippen LogP contribution in [-0.4, -0.2) is 54.6 Å². The molecule has 2 heterocycles. The number of benzene rings is 1. The molecule has 1 atom stereocenters. The van der Waals surface area contributed by atoms with Crippen molar-refractivity contribution in [3.05, 3.63) is 59.5 Å². The maximum absolute atomic E-state index is 14.0. The smallest absolute Gasteiger partial charge is 0.191 e. The van der Waals surface area contributed by atoms with Gasteiger partial charge in [-0.15, -0.1) is 0 Å². The molecule has 1 aliphatic rings. The third kappa shape index (κ3) is 6.66. The molecule has 6 nitrogen and oxygen atoms in total. The summed E-state index contributed by atoms with van der Waals surface area (Å²) in [6.07, 6.45) is 2.55. The highest BCUT2D eigenvalue weighted by atomic mass is 19.1. The normalized spacial score (nSPS) is 16.7. The van der Waals surface area contributed by atoms with Crippen molar-refractivity contribution in [1.82, 2.24) is 20.5 Å². The zero-order valence-corrected chi connectivity index (χ0v) is 18.9. The van der Waals surface area contributed by atoms with Crippen molar-refractivity contribution in [2.75, 3.05) is 37.6 Å². The van der Waals surface area contributed by atoms with E-state index in [-0.39, 0.29) is 11.9 Å². The molecule has 0 radical (unpaired) electrons. The topological polar surface area (TPSA) is 55.8 Å². The van der Waals surface area contributed by atoms with Crippen molar-refractivity contribution in [1.29, 1.82) is 0 Å². The van der Waals surface area contributed by atoms with Crippen LogP contribution in [0.3, 0.4) is 0 Å². The van der Waals surface area contributed by atoms with Crippen molar-refractivity contribution >= 4 is 11.8 Å². The standard InChI is InChI=1S/C24H35FN6/c1-4-26-24(28-16-19-9-11-20(12-10-19)17-30(5-2)6-3)29-21-13-15-31(18-21)23-22(25)8-7-14-27-23/h7-12,14,21H,4-6,13,15-18H2,1-3H3,(H2,26,28,29). The first-order valence-corrected chi connectivity index (χ1v) is 11.3. The number of nitrogens with zero attached hydrogens (tertiary/aromatic N) is 4. The second kappa shape index (κ2) is 11.6. The van der Waals surface area contributed by atoms with Gasteiger partial charge in [-0.3, -0.25) is 4.90 Å². The molecule has 2 N–H and O–H groups in total. The molecule has 0 aliphatic carbocycles. The second-order valence-electron chi connectivity index (χ2n) is 7.86. The molecule has 1 aromatic heterocycles. The zero-order chi connectivity index (χ0) is 22.1. The van der Waals surface area contributed by atoms with Crippen molar-refractivity contribution < 1.29 is 4.39 Å². The number of halogens is 1. The van der Waals surface area contributed by atoms with E-state index in [1.165, 1.54) is 17.2 Å². The van der Waals surface area contributed by atoms with Crippen LogP contribution in [0.1, 0.15) is 38.3 Å². The van der Waals surface area contributed by atoms with Crippen LogP contribution in [0.15, 0.2) is 47.6 Å². The minimum absolute atomic E-state index is 0.204. The van der Waals surface area contributed by atoms with E-state index in [0.29, 0.717) is 18.9 Å². The summed E-state index contributed by atoms with van der Waals surface area (Å²) in [7, 11) is 0. The Bertz CT molecular complexity index is 834. The molecule has 1 unspecified atom stereocenters. The van der Waals surface area contributed by atoms with Gasteiger partial charge >= 0.3 is 0 Å². The highest BCUT2D eigenvalue weighted by Gasteiger charge is 2.25. The highest BCUT2D eigenvalue weighted by Crippen LogP contribution is 2.20. The Morgan fingerprint density at radius 3 is 2.58 bits per heavy atom. The highest BCUT2D eigenvalue weighted by molar-refractivity contribution is 5.80. The number of rotatable bonds is 9. The summed E-state index contributed by atoms with van der Waals surface area (Å²) >= 11 is 0. The number of aliphatic imine (C=N–C) groups is 1. The first-order chi connectivity index (χ1) is 15.1. The number of pyridine rings is 1. The van der Waals surface area contributed by atoms with Gasteiger partial charge in [0.15, 0.2) is 17.6 Å². The average molecular weight is 427 g/mol. The first-order valence-electron chi connectivity index (χ1n) is 11.3. The van der Waals surface area contributed by atoms with Crippen LogP contribution in [0, 0.1) is 5.82 Å². The molecule has 0 amide bonds.